The SMILES string of the molecule is CC(N)C(C)C(=O)N(C)C(C)c1cc(F)ccc1F. The Kier molecular flexibility index (Phi) is 5.00. The molecule has 0 heterocycles. The fourth-order valence-corrected chi connectivity index (χ4v) is 1.78. The molecule has 0 saturated heterocycles. The van der Waals surface area contributed by atoms with Crippen molar-refractivity contribution in [3.05, 3.63) is 35.4 Å². The second-order valence-electron chi connectivity index (χ2n) is 4.94. The van der Waals surface area contributed by atoms with Gasteiger partial charge in [-0.3, -0.25) is 4.79 Å². The third-order valence-corrected chi connectivity index (χ3v) is 3.51. The molecule has 1 aromatic carbocycles. The van der Waals surface area contributed by atoms with Gasteiger partial charge in [0.2, 0.25) is 5.91 Å². The van der Waals surface area contributed by atoms with E-state index in [0.717, 1.165) is 18.2 Å². The van der Waals surface area contributed by atoms with E-state index in [0.29, 0.717) is 0 Å². The molecule has 0 spiro atoms. The highest BCUT2D eigenvalue weighted by Crippen LogP contribution is 2.24. The average Bonchev–Trinajstić information content (AvgIpc) is 2.37. The van der Waals surface area contributed by atoms with Crippen LogP contribution in [-0.2, 0) is 4.79 Å². The van der Waals surface area contributed by atoms with Crippen LogP contribution in [0.3, 0.4) is 0 Å². The van der Waals surface area contributed by atoms with E-state index in [2.05, 4.69) is 0 Å². The number of amides is 1. The van der Waals surface area contributed by atoms with Gasteiger partial charge in [0.15, 0.2) is 0 Å². The van der Waals surface area contributed by atoms with Crippen LogP contribution in [0.2, 0.25) is 0 Å². The number of hydrogen-bond acceptors (Lipinski definition) is 2. The van der Waals surface area contributed by atoms with Crippen LogP contribution in [0.25, 0.3) is 0 Å². The third-order valence-electron chi connectivity index (χ3n) is 3.51. The summed E-state index contributed by atoms with van der Waals surface area (Å²) in [6, 6.07) is 2.39. The molecule has 3 unspecified atom stereocenters. The Morgan fingerprint density at radius 2 is 1.84 bits per heavy atom. The summed E-state index contributed by atoms with van der Waals surface area (Å²) in [6.07, 6.45) is 0. The third kappa shape index (κ3) is 3.50. The molecule has 106 valence electrons. The van der Waals surface area contributed by atoms with E-state index in [9.17, 15) is 13.6 Å². The van der Waals surface area contributed by atoms with Crippen molar-refractivity contribution in [1.29, 1.82) is 0 Å². The molecule has 19 heavy (non-hydrogen) atoms. The molecule has 0 aliphatic heterocycles. The highest BCUT2D eigenvalue weighted by atomic mass is 19.1. The number of carbonyl (C=O) groups excluding carboxylic acids is 1. The minimum atomic E-state index is -0.551. The smallest absolute Gasteiger partial charge is 0.227 e. The van der Waals surface area contributed by atoms with Crippen molar-refractivity contribution >= 4 is 5.91 Å². The Morgan fingerprint density at radius 1 is 1.26 bits per heavy atom. The maximum atomic E-state index is 13.7. The van der Waals surface area contributed by atoms with Crippen LogP contribution in [0.4, 0.5) is 8.78 Å². The Balaban J connectivity index is 2.96. The lowest BCUT2D eigenvalue weighted by Crippen LogP contribution is -2.41. The molecule has 2 N–H and O–H groups in total. The van der Waals surface area contributed by atoms with Crippen LogP contribution in [0, 0.1) is 17.6 Å². The van der Waals surface area contributed by atoms with Gasteiger partial charge in [-0.1, -0.05) is 6.92 Å². The maximum Gasteiger partial charge on any atom is 0.227 e. The molecular weight excluding hydrogens is 250 g/mol. The molecule has 1 amide bonds. The number of halogens is 2. The van der Waals surface area contributed by atoms with Crippen molar-refractivity contribution in [1.82, 2.24) is 4.90 Å². The maximum absolute atomic E-state index is 13.7. The Bertz CT molecular complexity index is 463. The van der Waals surface area contributed by atoms with Gasteiger partial charge in [0.05, 0.1) is 12.0 Å². The second kappa shape index (κ2) is 6.10. The van der Waals surface area contributed by atoms with Gasteiger partial charge in [0.25, 0.3) is 0 Å². The van der Waals surface area contributed by atoms with Crippen LogP contribution in [-0.4, -0.2) is 23.9 Å². The molecule has 0 aliphatic carbocycles. The number of hydrogen-bond donors (Lipinski definition) is 1. The molecule has 3 nitrogen and oxygen atoms in total. The summed E-state index contributed by atoms with van der Waals surface area (Å²) in [4.78, 5) is 13.5. The first kappa shape index (κ1) is 15.6. The molecule has 1 aromatic rings. The summed E-state index contributed by atoms with van der Waals surface area (Å²) in [5, 5.41) is 0. The number of nitrogens with two attached hydrogens (primary N) is 1. The van der Waals surface area contributed by atoms with Gasteiger partial charge >= 0.3 is 0 Å². The van der Waals surface area contributed by atoms with E-state index in [1.54, 1.807) is 27.8 Å². The molecule has 3 atom stereocenters. The summed E-state index contributed by atoms with van der Waals surface area (Å²) in [6.45, 7) is 5.12. The number of rotatable bonds is 4. The molecular formula is C14H20F2N2O. The molecule has 0 radical (unpaired) electrons. The highest BCUT2D eigenvalue weighted by Gasteiger charge is 2.26. The van der Waals surface area contributed by atoms with E-state index in [1.807, 2.05) is 0 Å². The molecule has 0 bridgehead atoms. The van der Waals surface area contributed by atoms with Crippen molar-refractivity contribution in [3.8, 4) is 0 Å². The van der Waals surface area contributed by atoms with Crippen LogP contribution >= 0.6 is 0 Å². The quantitative estimate of drug-likeness (QED) is 0.913. The van der Waals surface area contributed by atoms with Gasteiger partial charge in [-0.05, 0) is 32.0 Å². The molecule has 5 heteroatoms. The van der Waals surface area contributed by atoms with Crippen LogP contribution in [0.15, 0.2) is 18.2 Å². The van der Waals surface area contributed by atoms with Crippen molar-refractivity contribution in [2.45, 2.75) is 32.9 Å². The summed E-state index contributed by atoms with van der Waals surface area (Å²) in [5.41, 5.74) is 5.85. The van der Waals surface area contributed by atoms with E-state index in [-0.39, 0.29) is 23.4 Å². The van der Waals surface area contributed by atoms with Gasteiger partial charge in [-0.25, -0.2) is 8.78 Å². The first-order valence-corrected chi connectivity index (χ1v) is 6.23. The van der Waals surface area contributed by atoms with Crippen molar-refractivity contribution in [2.75, 3.05) is 7.05 Å². The first-order valence-electron chi connectivity index (χ1n) is 6.23. The summed E-state index contributed by atoms with van der Waals surface area (Å²) >= 11 is 0. The summed E-state index contributed by atoms with van der Waals surface area (Å²) in [7, 11) is 1.57. The van der Waals surface area contributed by atoms with Gasteiger partial charge in [-0.15, -0.1) is 0 Å². The Morgan fingerprint density at radius 3 is 2.37 bits per heavy atom. The lowest BCUT2D eigenvalue weighted by molar-refractivity contribution is -0.136. The molecule has 0 aliphatic rings. The van der Waals surface area contributed by atoms with Gasteiger partial charge in [0, 0.05) is 18.7 Å². The van der Waals surface area contributed by atoms with E-state index >= 15 is 0 Å². The topological polar surface area (TPSA) is 46.3 Å². The fourth-order valence-electron chi connectivity index (χ4n) is 1.78. The number of carbonyl (C=O) groups is 1. The molecule has 0 fully saturated rings. The molecule has 1 rings (SSSR count). The zero-order valence-corrected chi connectivity index (χ0v) is 11.7. The second-order valence-corrected chi connectivity index (χ2v) is 4.94. The van der Waals surface area contributed by atoms with Crippen molar-refractivity contribution in [3.63, 3.8) is 0 Å². The van der Waals surface area contributed by atoms with Gasteiger partial charge < -0.3 is 10.6 Å². The Labute approximate surface area is 112 Å². The predicted octanol–water partition coefficient (Wildman–Crippen LogP) is 2.47. The lowest BCUT2D eigenvalue weighted by atomic mass is 10.0. The van der Waals surface area contributed by atoms with Crippen molar-refractivity contribution < 1.29 is 13.6 Å². The normalized spacial score (nSPS) is 15.7. The Hall–Kier alpha value is -1.49. The van der Waals surface area contributed by atoms with Crippen LogP contribution in [0.1, 0.15) is 32.4 Å². The lowest BCUT2D eigenvalue weighted by Gasteiger charge is -2.29. The zero-order chi connectivity index (χ0) is 14.7. The van der Waals surface area contributed by atoms with Crippen molar-refractivity contribution in [2.24, 2.45) is 11.7 Å². The monoisotopic (exact) mass is 270 g/mol. The minimum Gasteiger partial charge on any atom is -0.339 e. The molecule has 0 aromatic heterocycles. The summed E-state index contributed by atoms with van der Waals surface area (Å²) in [5.74, 6) is -1.61. The standard InChI is InChI=1S/C14H20F2N2O/c1-8(9(2)17)14(19)18(4)10(3)12-7-11(15)5-6-13(12)16/h5-10H,17H2,1-4H3. The first-order chi connectivity index (χ1) is 8.75. The highest BCUT2D eigenvalue weighted by molar-refractivity contribution is 5.79. The predicted molar refractivity (Wildman–Crippen MR) is 70.4 cm³/mol. The van der Waals surface area contributed by atoms with Gasteiger partial charge in [0.1, 0.15) is 11.6 Å². The fraction of sp³-hybridized carbons (Fsp3) is 0.500. The minimum absolute atomic E-state index is 0.160. The van der Waals surface area contributed by atoms with E-state index < -0.39 is 17.7 Å². The number of benzene rings is 1. The molecule has 0 saturated carbocycles. The van der Waals surface area contributed by atoms with Crippen LogP contribution < -0.4 is 5.73 Å². The van der Waals surface area contributed by atoms with E-state index in [1.165, 1.54) is 4.90 Å². The summed E-state index contributed by atoms with van der Waals surface area (Å²) < 4.78 is 26.8. The van der Waals surface area contributed by atoms with Crippen LogP contribution in [0.5, 0.6) is 0 Å². The largest absolute Gasteiger partial charge is 0.339 e. The van der Waals surface area contributed by atoms with Gasteiger partial charge in [-0.2, -0.15) is 0 Å². The average molecular weight is 270 g/mol. The zero-order valence-electron chi connectivity index (χ0n) is 11.7. The van der Waals surface area contributed by atoms with E-state index in [4.69, 9.17) is 5.73 Å². The number of nitrogens with zero attached hydrogens (tertiary/aromatic N) is 1.